The lowest BCUT2D eigenvalue weighted by Gasteiger charge is -2.09. The number of nitrogen functional groups attached to an aromatic ring is 1. The van der Waals surface area contributed by atoms with Crippen LogP contribution in [-0.2, 0) is 11.2 Å². The van der Waals surface area contributed by atoms with Gasteiger partial charge in [-0.15, -0.1) is 0 Å². The smallest absolute Gasteiger partial charge is 0.228 e. The van der Waals surface area contributed by atoms with Crippen molar-refractivity contribution in [3.63, 3.8) is 0 Å². The van der Waals surface area contributed by atoms with Crippen molar-refractivity contribution in [2.75, 3.05) is 11.1 Å². The first-order chi connectivity index (χ1) is 9.06. The van der Waals surface area contributed by atoms with Gasteiger partial charge >= 0.3 is 0 Å². The minimum atomic E-state index is -0.0772. The van der Waals surface area contributed by atoms with Gasteiger partial charge in [-0.2, -0.15) is 0 Å². The Bertz CT molecular complexity index is 608. The number of nitrogens with one attached hydrogen (secondary N) is 1. The summed E-state index contributed by atoms with van der Waals surface area (Å²) in [5.41, 5.74) is 10.1. The Morgan fingerprint density at radius 2 is 2.11 bits per heavy atom. The van der Waals surface area contributed by atoms with E-state index in [9.17, 15) is 4.79 Å². The Balaban J connectivity index is 2.10. The van der Waals surface area contributed by atoms with E-state index >= 15 is 0 Å². The van der Waals surface area contributed by atoms with Gasteiger partial charge < -0.3 is 11.1 Å². The average molecular weight is 255 g/mol. The van der Waals surface area contributed by atoms with Gasteiger partial charge in [-0.1, -0.05) is 23.8 Å². The number of pyridine rings is 1. The SMILES string of the molecule is Cc1ccc(C)c(CC(=O)Nc2ccncc2N)c1. The molecule has 4 nitrogen and oxygen atoms in total. The normalized spacial score (nSPS) is 10.2. The standard InChI is InChI=1S/C15H17N3O/c1-10-3-4-11(2)12(7-10)8-15(19)18-14-5-6-17-9-13(14)16/h3-7,9H,8,16H2,1-2H3,(H,17,18,19). The molecule has 2 rings (SSSR count). The molecule has 1 amide bonds. The zero-order valence-corrected chi connectivity index (χ0v) is 11.1. The predicted octanol–water partition coefficient (Wildman–Crippen LogP) is 2.46. The number of hydrogen-bond donors (Lipinski definition) is 2. The average Bonchev–Trinajstić information content (AvgIpc) is 2.37. The Morgan fingerprint density at radius 1 is 1.32 bits per heavy atom. The highest BCUT2D eigenvalue weighted by Gasteiger charge is 2.08. The van der Waals surface area contributed by atoms with Gasteiger partial charge in [0.1, 0.15) is 0 Å². The van der Waals surface area contributed by atoms with Crippen molar-refractivity contribution >= 4 is 17.3 Å². The molecular formula is C15H17N3O. The van der Waals surface area contributed by atoms with Crippen LogP contribution in [0.3, 0.4) is 0 Å². The van der Waals surface area contributed by atoms with Gasteiger partial charge in [-0.25, -0.2) is 0 Å². The number of benzene rings is 1. The maximum absolute atomic E-state index is 12.0. The zero-order valence-electron chi connectivity index (χ0n) is 11.1. The topological polar surface area (TPSA) is 68.0 Å². The Kier molecular flexibility index (Phi) is 3.80. The first-order valence-electron chi connectivity index (χ1n) is 6.12. The fourth-order valence-corrected chi connectivity index (χ4v) is 1.88. The van der Waals surface area contributed by atoms with Crippen LogP contribution in [0.1, 0.15) is 16.7 Å². The van der Waals surface area contributed by atoms with E-state index in [-0.39, 0.29) is 5.91 Å². The molecule has 19 heavy (non-hydrogen) atoms. The second kappa shape index (κ2) is 5.52. The van der Waals surface area contributed by atoms with E-state index in [4.69, 9.17) is 5.73 Å². The molecular weight excluding hydrogens is 238 g/mol. The molecule has 4 heteroatoms. The summed E-state index contributed by atoms with van der Waals surface area (Å²) in [6.45, 7) is 4.02. The van der Waals surface area contributed by atoms with E-state index in [0.29, 0.717) is 17.8 Å². The van der Waals surface area contributed by atoms with Gasteiger partial charge in [-0.05, 0) is 31.0 Å². The summed E-state index contributed by atoms with van der Waals surface area (Å²) >= 11 is 0. The molecule has 3 N–H and O–H groups in total. The van der Waals surface area contributed by atoms with Crippen LogP contribution >= 0.6 is 0 Å². The van der Waals surface area contributed by atoms with Crippen LogP contribution in [0.25, 0.3) is 0 Å². The van der Waals surface area contributed by atoms with Gasteiger partial charge in [0.05, 0.1) is 24.0 Å². The third kappa shape index (κ3) is 3.31. The molecule has 0 aliphatic heterocycles. The minimum Gasteiger partial charge on any atom is -0.396 e. The fraction of sp³-hybridized carbons (Fsp3) is 0.200. The molecule has 0 spiro atoms. The Morgan fingerprint density at radius 3 is 2.84 bits per heavy atom. The second-order valence-electron chi connectivity index (χ2n) is 4.62. The highest BCUT2D eigenvalue weighted by molar-refractivity contribution is 5.95. The summed E-state index contributed by atoms with van der Waals surface area (Å²) < 4.78 is 0. The summed E-state index contributed by atoms with van der Waals surface area (Å²) in [4.78, 5) is 15.9. The number of carbonyl (C=O) groups excluding carboxylic acids is 1. The summed E-state index contributed by atoms with van der Waals surface area (Å²) in [7, 11) is 0. The third-order valence-corrected chi connectivity index (χ3v) is 2.98. The van der Waals surface area contributed by atoms with Gasteiger partial charge in [0.25, 0.3) is 0 Å². The number of amides is 1. The number of hydrogen-bond acceptors (Lipinski definition) is 3. The van der Waals surface area contributed by atoms with Gasteiger partial charge in [0.2, 0.25) is 5.91 Å². The van der Waals surface area contributed by atoms with E-state index in [1.807, 2.05) is 32.0 Å². The highest BCUT2D eigenvalue weighted by atomic mass is 16.1. The molecule has 1 aromatic carbocycles. The van der Waals surface area contributed by atoms with Gasteiger partial charge in [-0.3, -0.25) is 9.78 Å². The molecule has 0 radical (unpaired) electrons. The van der Waals surface area contributed by atoms with Crippen molar-refractivity contribution in [3.05, 3.63) is 53.3 Å². The number of nitrogens with two attached hydrogens (primary N) is 1. The van der Waals surface area contributed by atoms with E-state index < -0.39 is 0 Å². The maximum atomic E-state index is 12.0. The molecule has 0 aliphatic rings. The predicted molar refractivity (Wildman–Crippen MR) is 76.9 cm³/mol. The molecule has 0 atom stereocenters. The summed E-state index contributed by atoms with van der Waals surface area (Å²) in [5, 5.41) is 2.80. The number of rotatable bonds is 3. The van der Waals surface area contributed by atoms with Gasteiger partial charge in [0.15, 0.2) is 0 Å². The number of carbonyl (C=O) groups is 1. The highest BCUT2D eigenvalue weighted by Crippen LogP contribution is 2.17. The van der Waals surface area contributed by atoms with Crippen molar-refractivity contribution < 1.29 is 4.79 Å². The van der Waals surface area contributed by atoms with Crippen LogP contribution in [0.4, 0.5) is 11.4 Å². The van der Waals surface area contributed by atoms with E-state index in [2.05, 4.69) is 10.3 Å². The fourth-order valence-electron chi connectivity index (χ4n) is 1.88. The quantitative estimate of drug-likeness (QED) is 0.885. The molecule has 0 saturated carbocycles. The van der Waals surface area contributed by atoms with Gasteiger partial charge in [0, 0.05) is 6.20 Å². The van der Waals surface area contributed by atoms with Crippen molar-refractivity contribution in [2.45, 2.75) is 20.3 Å². The molecule has 1 heterocycles. The van der Waals surface area contributed by atoms with E-state index in [1.165, 1.54) is 6.20 Å². The Hall–Kier alpha value is -2.36. The molecule has 98 valence electrons. The first kappa shape index (κ1) is 13.1. The number of nitrogens with zero attached hydrogens (tertiary/aromatic N) is 1. The third-order valence-electron chi connectivity index (χ3n) is 2.98. The van der Waals surface area contributed by atoms with Crippen LogP contribution in [0.2, 0.25) is 0 Å². The molecule has 0 unspecified atom stereocenters. The Labute approximate surface area is 112 Å². The van der Waals surface area contributed by atoms with Crippen LogP contribution in [0.5, 0.6) is 0 Å². The monoisotopic (exact) mass is 255 g/mol. The second-order valence-corrected chi connectivity index (χ2v) is 4.62. The molecule has 0 bridgehead atoms. The van der Waals surface area contributed by atoms with Crippen molar-refractivity contribution in [1.29, 1.82) is 0 Å². The number of aryl methyl sites for hydroxylation is 2. The molecule has 0 aliphatic carbocycles. The lowest BCUT2D eigenvalue weighted by atomic mass is 10.0. The lowest BCUT2D eigenvalue weighted by Crippen LogP contribution is -2.16. The summed E-state index contributed by atoms with van der Waals surface area (Å²) in [6, 6.07) is 7.79. The minimum absolute atomic E-state index is 0.0772. The van der Waals surface area contributed by atoms with Crippen LogP contribution in [-0.4, -0.2) is 10.9 Å². The summed E-state index contributed by atoms with van der Waals surface area (Å²) in [6.07, 6.45) is 3.46. The van der Waals surface area contributed by atoms with E-state index in [0.717, 1.165) is 16.7 Å². The first-order valence-corrected chi connectivity index (χ1v) is 6.12. The van der Waals surface area contributed by atoms with Crippen molar-refractivity contribution in [3.8, 4) is 0 Å². The summed E-state index contributed by atoms with van der Waals surface area (Å²) in [5.74, 6) is -0.0772. The van der Waals surface area contributed by atoms with Crippen LogP contribution < -0.4 is 11.1 Å². The van der Waals surface area contributed by atoms with Crippen molar-refractivity contribution in [1.82, 2.24) is 4.98 Å². The van der Waals surface area contributed by atoms with E-state index in [1.54, 1.807) is 12.3 Å². The lowest BCUT2D eigenvalue weighted by molar-refractivity contribution is -0.115. The molecule has 0 saturated heterocycles. The van der Waals surface area contributed by atoms with Crippen LogP contribution in [0, 0.1) is 13.8 Å². The molecule has 2 aromatic rings. The molecule has 1 aromatic heterocycles. The largest absolute Gasteiger partial charge is 0.396 e. The maximum Gasteiger partial charge on any atom is 0.228 e. The van der Waals surface area contributed by atoms with Crippen molar-refractivity contribution in [2.24, 2.45) is 0 Å². The number of aromatic nitrogens is 1. The molecule has 0 fully saturated rings. The van der Waals surface area contributed by atoms with Crippen LogP contribution in [0.15, 0.2) is 36.7 Å². The zero-order chi connectivity index (χ0) is 13.8. The number of anilines is 2.